The van der Waals surface area contributed by atoms with Crippen molar-refractivity contribution in [1.29, 1.82) is 0 Å². The number of hydrogen-bond acceptors (Lipinski definition) is 1. The highest BCUT2D eigenvalue weighted by Crippen LogP contribution is 2.36. The van der Waals surface area contributed by atoms with Gasteiger partial charge in [0.2, 0.25) is 0 Å². The van der Waals surface area contributed by atoms with Gasteiger partial charge in [-0.3, -0.25) is 0 Å². The average Bonchev–Trinajstić information content (AvgIpc) is 2.50. The van der Waals surface area contributed by atoms with Gasteiger partial charge in [0.1, 0.15) is 0 Å². The van der Waals surface area contributed by atoms with Crippen LogP contribution in [0, 0.1) is 0 Å². The molecule has 0 aliphatic carbocycles. The lowest BCUT2D eigenvalue weighted by Gasteiger charge is -2.17. The molecule has 0 aliphatic heterocycles. The number of halogens is 3. The molecule has 0 heterocycles. The monoisotopic (exact) mass is 335 g/mol. The molecule has 106 valence electrons. The summed E-state index contributed by atoms with van der Waals surface area (Å²) in [6.07, 6.45) is 0. The lowest BCUT2D eigenvalue weighted by molar-refractivity contribution is 0.881. The number of hydrogen-bond donors (Lipinski definition) is 1. The van der Waals surface area contributed by atoms with Crippen molar-refractivity contribution in [2.45, 2.75) is 6.04 Å². The van der Waals surface area contributed by atoms with Crippen LogP contribution >= 0.6 is 34.8 Å². The standard InChI is InChI=1S/C17H12Cl3N/c18-14-9-8-12(10-4-1-2-5-11(10)14)17(21)13-6-3-7-15(19)16(13)20/h1-9,17H,21H2. The summed E-state index contributed by atoms with van der Waals surface area (Å²) in [6.45, 7) is 0. The fourth-order valence-corrected chi connectivity index (χ4v) is 3.14. The van der Waals surface area contributed by atoms with Gasteiger partial charge in [-0.05, 0) is 28.6 Å². The second-order valence-corrected chi connectivity index (χ2v) is 6.00. The van der Waals surface area contributed by atoms with Gasteiger partial charge in [0.15, 0.2) is 0 Å². The molecule has 0 aliphatic rings. The summed E-state index contributed by atoms with van der Waals surface area (Å²) >= 11 is 18.6. The largest absolute Gasteiger partial charge is 0.320 e. The van der Waals surface area contributed by atoms with E-state index >= 15 is 0 Å². The highest BCUT2D eigenvalue weighted by Gasteiger charge is 2.17. The molecule has 0 bridgehead atoms. The van der Waals surface area contributed by atoms with Crippen LogP contribution in [0.25, 0.3) is 10.8 Å². The van der Waals surface area contributed by atoms with Crippen LogP contribution in [0.2, 0.25) is 15.1 Å². The van der Waals surface area contributed by atoms with Gasteiger partial charge < -0.3 is 5.73 Å². The maximum absolute atomic E-state index is 6.42. The summed E-state index contributed by atoms with van der Waals surface area (Å²) in [5.41, 5.74) is 8.19. The van der Waals surface area contributed by atoms with E-state index < -0.39 is 0 Å². The molecule has 1 nitrogen and oxygen atoms in total. The molecule has 1 atom stereocenters. The Morgan fingerprint density at radius 3 is 2.14 bits per heavy atom. The fraction of sp³-hybridized carbons (Fsp3) is 0.0588. The van der Waals surface area contributed by atoms with Crippen molar-refractivity contribution in [1.82, 2.24) is 0 Å². The number of rotatable bonds is 2. The van der Waals surface area contributed by atoms with Crippen LogP contribution in [-0.4, -0.2) is 0 Å². The molecule has 2 N–H and O–H groups in total. The SMILES string of the molecule is NC(c1cccc(Cl)c1Cl)c1ccc(Cl)c2ccccc12. The average molecular weight is 337 g/mol. The molecular weight excluding hydrogens is 325 g/mol. The van der Waals surface area contributed by atoms with Crippen molar-refractivity contribution in [2.75, 3.05) is 0 Å². The van der Waals surface area contributed by atoms with Crippen molar-refractivity contribution in [3.63, 3.8) is 0 Å². The maximum atomic E-state index is 6.42. The van der Waals surface area contributed by atoms with Gasteiger partial charge in [-0.25, -0.2) is 0 Å². The Bertz CT molecular complexity index is 814. The summed E-state index contributed by atoms with van der Waals surface area (Å²) in [5, 5.41) is 3.70. The molecule has 0 saturated carbocycles. The molecule has 0 saturated heterocycles. The van der Waals surface area contributed by atoms with Crippen molar-refractivity contribution >= 4 is 45.6 Å². The number of fused-ring (bicyclic) bond motifs is 1. The highest BCUT2D eigenvalue weighted by molar-refractivity contribution is 6.42. The Hall–Kier alpha value is -1.25. The van der Waals surface area contributed by atoms with Crippen LogP contribution in [0.15, 0.2) is 54.6 Å². The number of nitrogens with two attached hydrogens (primary N) is 1. The van der Waals surface area contributed by atoms with Crippen LogP contribution in [-0.2, 0) is 0 Å². The normalized spacial score (nSPS) is 12.6. The Morgan fingerprint density at radius 2 is 1.38 bits per heavy atom. The lowest BCUT2D eigenvalue weighted by Crippen LogP contribution is -2.13. The molecule has 21 heavy (non-hydrogen) atoms. The van der Waals surface area contributed by atoms with Gasteiger partial charge in [-0.1, -0.05) is 77.3 Å². The molecule has 0 amide bonds. The molecule has 0 aromatic heterocycles. The Kier molecular flexibility index (Phi) is 4.10. The summed E-state index contributed by atoms with van der Waals surface area (Å²) < 4.78 is 0. The Morgan fingerprint density at radius 1 is 0.667 bits per heavy atom. The third-order valence-corrected chi connectivity index (χ3v) is 4.72. The van der Waals surface area contributed by atoms with E-state index in [0.29, 0.717) is 15.1 Å². The van der Waals surface area contributed by atoms with Crippen molar-refractivity contribution in [3.05, 3.63) is 80.8 Å². The van der Waals surface area contributed by atoms with Crippen LogP contribution < -0.4 is 5.73 Å². The topological polar surface area (TPSA) is 26.0 Å². The maximum Gasteiger partial charge on any atom is 0.0643 e. The molecular formula is C17H12Cl3N. The minimum absolute atomic E-state index is 0.363. The smallest absolute Gasteiger partial charge is 0.0643 e. The van der Waals surface area contributed by atoms with Crippen molar-refractivity contribution in [3.8, 4) is 0 Å². The van der Waals surface area contributed by atoms with E-state index in [0.717, 1.165) is 21.9 Å². The summed E-state index contributed by atoms with van der Waals surface area (Å²) in [7, 11) is 0. The highest BCUT2D eigenvalue weighted by atomic mass is 35.5. The van der Waals surface area contributed by atoms with Crippen LogP contribution in [0.4, 0.5) is 0 Å². The third-order valence-electron chi connectivity index (χ3n) is 3.56. The van der Waals surface area contributed by atoms with Crippen molar-refractivity contribution in [2.24, 2.45) is 5.73 Å². The van der Waals surface area contributed by atoms with E-state index in [9.17, 15) is 0 Å². The first kappa shape index (κ1) is 14.7. The van der Waals surface area contributed by atoms with Gasteiger partial charge >= 0.3 is 0 Å². The zero-order valence-corrected chi connectivity index (χ0v) is 13.3. The van der Waals surface area contributed by atoms with E-state index in [1.807, 2.05) is 48.5 Å². The minimum atomic E-state index is -0.363. The molecule has 1 unspecified atom stereocenters. The summed E-state index contributed by atoms with van der Waals surface area (Å²) in [6, 6.07) is 16.8. The van der Waals surface area contributed by atoms with E-state index in [2.05, 4.69) is 0 Å². The minimum Gasteiger partial charge on any atom is -0.320 e. The fourth-order valence-electron chi connectivity index (χ4n) is 2.49. The van der Waals surface area contributed by atoms with Gasteiger partial charge in [0.25, 0.3) is 0 Å². The first-order chi connectivity index (χ1) is 10.1. The molecule has 3 aromatic rings. The first-order valence-corrected chi connectivity index (χ1v) is 7.59. The summed E-state index contributed by atoms with van der Waals surface area (Å²) in [5.74, 6) is 0. The van der Waals surface area contributed by atoms with Gasteiger partial charge in [-0.15, -0.1) is 0 Å². The second-order valence-electron chi connectivity index (χ2n) is 4.80. The van der Waals surface area contributed by atoms with E-state index in [-0.39, 0.29) is 6.04 Å². The van der Waals surface area contributed by atoms with Crippen LogP contribution in [0.3, 0.4) is 0 Å². The molecule has 0 spiro atoms. The van der Waals surface area contributed by atoms with Crippen LogP contribution in [0.1, 0.15) is 17.2 Å². The molecule has 0 fully saturated rings. The third kappa shape index (κ3) is 2.63. The Balaban J connectivity index is 2.21. The predicted octanol–water partition coefficient (Wildman–Crippen LogP) is 5.85. The molecule has 0 radical (unpaired) electrons. The first-order valence-electron chi connectivity index (χ1n) is 6.46. The second kappa shape index (κ2) is 5.86. The number of benzene rings is 3. The van der Waals surface area contributed by atoms with E-state index in [4.69, 9.17) is 40.5 Å². The van der Waals surface area contributed by atoms with E-state index in [1.165, 1.54) is 0 Å². The zero-order valence-electron chi connectivity index (χ0n) is 11.0. The lowest BCUT2D eigenvalue weighted by atomic mass is 9.94. The predicted molar refractivity (Wildman–Crippen MR) is 91.5 cm³/mol. The van der Waals surface area contributed by atoms with Crippen molar-refractivity contribution < 1.29 is 0 Å². The van der Waals surface area contributed by atoms with E-state index in [1.54, 1.807) is 6.07 Å². The molecule has 3 aromatic carbocycles. The molecule has 4 heteroatoms. The van der Waals surface area contributed by atoms with Gasteiger partial charge in [0, 0.05) is 10.4 Å². The van der Waals surface area contributed by atoms with Gasteiger partial charge in [0.05, 0.1) is 16.1 Å². The molecule has 3 rings (SSSR count). The quantitative estimate of drug-likeness (QED) is 0.624. The zero-order chi connectivity index (χ0) is 15.0. The Labute approximate surface area is 138 Å². The summed E-state index contributed by atoms with van der Waals surface area (Å²) in [4.78, 5) is 0. The van der Waals surface area contributed by atoms with Gasteiger partial charge in [-0.2, -0.15) is 0 Å². The van der Waals surface area contributed by atoms with Crippen LogP contribution in [0.5, 0.6) is 0 Å².